The summed E-state index contributed by atoms with van der Waals surface area (Å²) in [6, 6.07) is 16.8. The Morgan fingerprint density at radius 3 is 2.65 bits per heavy atom. The number of hydrogen-bond acceptors (Lipinski definition) is 4. The maximum absolute atomic E-state index is 14.3. The highest BCUT2D eigenvalue weighted by Gasteiger charge is 2.20. The van der Waals surface area contributed by atoms with E-state index in [4.69, 9.17) is 4.74 Å². The Labute approximate surface area is 156 Å². The van der Waals surface area contributed by atoms with Crippen LogP contribution in [0.1, 0.15) is 18.4 Å². The summed E-state index contributed by atoms with van der Waals surface area (Å²) >= 11 is 1.63. The molecule has 0 spiro atoms. The Morgan fingerprint density at radius 1 is 1.08 bits per heavy atom. The predicted molar refractivity (Wildman–Crippen MR) is 101 cm³/mol. The van der Waals surface area contributed by atoms with Gasteiger partial charge in [0, 0.05) is 12.4 Å². The summed E-state index contributed by atoms with van der Waals surface area (Å²) in [6.45, 7) is 1.44. The first-order valence-corrected chi connectivity index (χ1v) is 9.76. The van der Waals surface area contributed by atoms with E-state index in [0.717, 1.165) is 35.9 Å². The first-order valence-electron chi connectivity index (χ1n) is 8.77. The van der Waals surface area contributed by atoms with Gasteiger partial charge in [-0.25, -0.2) is 4.39 Å². The van der Waals surface area contributed by atoms with Gasteiger partial charge in [0.25, 0.3) is 0 Å². The highest BCUT2D eigenvalue weighted by Crippen LogP contribution is 2.28. The maximum Gasteiger partial charge on any atom is 0.191 e. The van der Waals surface area contributed by atoms with Crippen LogP contribution in [0, 0.1) is 5.82 Å². The fraction of sp³-hybridized carbons (Fsp3) is 0.300. The van der Waals surface area contributed by atoms with E-state index in [9.17, 15) is 4.39 Å². The molecule has 1 saturated heterocycles. The van der Waals surface area contributed by atoms with Crippen molar-refractivity contribution >= 4 is 11.8 Å². The second-order valence-corrected chi connectivity index (χ2v) is 7.29. The molecule has 6 heteroatoms. The zero-order chi connectivity index (χ0) is 17.8. The van der Waals surface area contributed by atoms with Crippen LogP contribution in [0.5, 0.6) is 0 Å². The van der Waals surface area contributed by atoms with E-state index >= 15 is 0 Å². The van der Waals surface area contributed by atoms with Gasteiger partial charge in [-0.2, -0.15) is 0 Å². The van der Waals surface area contributed by atoms with Gasteiger partial charge >= 0.3 is 0 Å². The van der Waals surface area contributed by atoms with Crippen LogP contribution >= 0.6 is 11.8 Å². The number of thioether (sulfide) groups is 1. The minimum Gasteiger partial charge on any atom is -0.377 e. The summed E-state index contributed by atoms with van der Waals surface area (Å²) in [4.78, 5) is 0. The van der Waals surface area contributed by atoms with Crippen LogP contribution in [0.3, 0.4) is 0 Å². The van der Waals surface area contributed by atoms with Crippen LogP contribution in [-0.2, 0) is 11.3 Å². The average molecular weight is 369 g/mol. The number of hydrogen-bond donors (Lipinski definition) is 0. The molecule has 2 aromatic carbocycles. The molecule has 2 heterocycles. The summed E-state index contributed by atoms with van der Waals surface area (Å²) in [7, 11) is 0. The molecule has 4 nitrogen and oxygen atoms in total. The lowest BCUT2D eigenvalue weighted by Gasteiger charge is -2.12. The van der Waals surface area contributed by atoms with Crippen LogP contribution < -0.4 is 0 Å². The number of halogens is 1. The van der Waals surface area contributed by atoms with Crippen LogP contribution in [0.25, 0.3) is 11.4 Å². The molecule has 1 aliphatic rings. The molecule has 0 radical (unpaired) electrons. The van der Waals surface area contributed by atoms with Crippen LogP contribution in [0.4, 0.5) is 4.39 Å². The van der Waals surface area contributed by atoms with E-state index in [-0.39, 0.29) is 11.9 Å². The number of nitrogens with zero attached hydrogens (tertiary/aromatic N) is 3. The van der Waals surface area contributed by atoms with E-state index in [0.29, 0.717) is 17.9 Å². The molecule has 0 saturated carbocycles. The van der Waals surface area contributed by atoms with E-state index in [1.165, 1.54) is 6.07 Å². The highest BCUT2D eigenvalue weighted by molar-refractivity contribution is 7.99. The van der Waals surface area contributed by atoms with Crippen molar-refractivity contribution in [3.63, 3.8) is 0 Å². The highest BCUT2D eigenvalue weighted by atomic mass is 32.2. The third-order valence-corrected chi connectivity index (χ3v) is 5.54. The lowest BCUT2D eigenvalue weighted by atomic mass is 10.2. The summed E-state index contributed by atoms with van der Waals surface area (Å²) in [5.74, 6) is 1.11. The van der Waals surface area contributed by atoms with Crippen molar-refractivity contribution in [3.8, 4) is 11.4 Å². The van der Waals surface area contributed by atoms with Gasteiger partial charge in [0.1, 0.15) is 5.82 Å². The third kappa shape index (κ3) is 3.81. The fourth-order valence-electron chi connectivity index (χ4n) is 3.09. The Bertz CT molecular complexity index is 863. The van der Waals surface area contributed by atoms with Crippen LogP contribution in [0.2, 0.25) is 0 Å². The minimum atomic E-state index is -0.287. The SMILES string of the molecule is Fc1ccccc1-c1nnc(SCC2CCCO2)n1Cc1ccccc1. The largest absolute Gasteiger partial charge is 0.377 e. The molecule has 1 fully saturated rings. The second-order valence-electron chi connectivity index (χ2n) is 6.30. The Balaban J connectivity index is 1.66. The molecule has 4 rings (SSSR count). The van der Waals surface area contributed by atoms with Crippen molar-refractivity contribution in [2.75, 3.05) is 12.4 Å². The lowest BCUT2D eigenvalue weighted by molar-refractivity contribution is 0.129. The van der Waals surface area contributed by atoms with E-state index in [1.54, 1.807) is 23.9 Å². The number of aromatic nitrogens is 3. The van der Waals surface area contributed by atoms with Gasteiger partial charge < -0.3 is 4.74 Å². The molecule has 0 amide bonds. The lowest BCUT2D eigenvalue weighted by Crippen LogP contribution is -2.10. The van der Waals surface area contributed by atoms with Gasteiger partial charge in [-0.05, 0) is 30.5 Å². The van der Waals surface area contributed by atoms with Crippen LogP contribution in [0.15, 0.2) is 59.8 Å². The number of benzene rings is 2. The van der Waals surface area contributed by atoms with E-state index < -0.39 is 0 Å². The summed E-state index contributed by atoms with van der Waals surface area (Å²) in [5, 5.41) is 9.44. The monoisotopic (exact) mass is 369 g/mol. The predicted octanol–water partition coefficient (Wildman–Crippen LogP) is 4.40. The van der Waals surface area contributed by atoms with Crippen molar-refractivity contribution in [2.24, 2.45) is 0 Å². The Hall–Kier alpha value is -2.18. The molecule has 0 aliphatic carbocycles. The molecular formula is C20H20FN3OS. The van der Waals surface area contributed by atoms with Crippen molar-refractivity contribution in [2.45, 2.75) is 30.6 Å². The third-order valence-electron chi connectivity index (χ3n) is 4.44. The molecule has 1 aliphatic heterocycles. The zero-order valence-corrected chi connectivity index (χ0v) is 15.2. The standard InChI is InChI=1S/C20H20FN3OS/c21-18-11-5-4-10-17(18)19-22-23-20(26-14-16-9-6-12-25-16)24(19)13-15-7-2-1-3-8-15/h1-5,7-8,10-11,16H,6,9,12-14H2. The fourth-order valence-corrected chi connectivity index (χ4v) is 4.09. The molecule has 134 valence electrons. The molecule has 0 bridgehead atoms. The van der Waals surface area contributed by atoms with Gasteiger partial charge in [0.15, 0.2) is 11.0 Å². The van der Waals surface area contributed by atoms with Crippen molar-refractivity contribution in [1.29, 1.82) is 0 Å². The molecular weight excluding hydrogens is 349 g/mol. The molecule has 1 atom stereocenters. The van der Waals surface area contributed by atoms with Crippen LogP contribution in [-0.4, -0.2) is 33.2 Å². The van der Waals surface area contributed by atoms with Crippen molar-refractivity contribution in [3.05, 3.63) is 66.0 Å². The summed E-state index contributed by atoms with van der Waals surface area (Å²) < 4.78 is 22.0. The number of ether oxygens (including phenoxy) is 1. The number of rotatable bonds is 6. The summed E-state index contributed by atoms with van der Waals surface area (Å²) in [5.41, 5.74) is 1.60. The topological polar surface area (TPSA) is 39.9 Å². The van der Waals surface area contributed by atoms with Crippen molar-refractivity contribution < 1.29 is 9.13 Å². The summed E-state index contributed by atoms with van der Waals surface area (Å²) in [6.07, 6.45) is 2.46. The van der Waals surface area contributed by atoms with Gasteiger partial charge in [0.2, 0.25) is 0 Å². The first kappa shape index (κ1) is 17.2. The van der Waals surface area contributed by atoms with E-state index in [2.05, 4.69) is 22.3 Å². The first-order chi connectivity index (χ1) is 12.8. The average Bonchev–Trinajstić information content (AvgIpc) is 3.32. The molecule has 1 unspecified atom stereocenters. The van der Waals surface area contributed by atoms with Gasteiger partial charge in [-0.1, -0.05) is 54.2 Å². The van der Waals surface area contributed by atoms with Crippen molar-refractivity contribution in [1.82, 2.24) is 14.8 Å². The minimum absolute atomic E-state index is 0.263. The second kappa shape index (κ2) is 8.01. The molecule has 0 N–H and O–H groups in total. The smallest absolute Gasteiger partial charge is 0.191 e. The molecule has 3 aromatic rings. The van der Waals surface area contributed by atoms with Gasteiger partial charge in [-0.15, -0.1) is 10.2 Å². The normalized spacial score (nSPS) is 16.9. The zero-order valence-electron chi connectivity index (χ0n) is 14.3. The maximum atomic E-state index is 14.3. The molecule has 1 aromatic heterocycles. The molecule has 26 heavy (non-hydrogen) atoms. The quantitative estimate of drug-likeness (QED) is 0.604. The van der Waals surface area contributed by atoms with Gasteiger partial charge in [-0.3, -0.25) is 4.57 Å². The Morgan fingerprint density at radius 2 is 1.88 bits per heavy atom. The Kier molecular flexibility index (Phi) is 5.32. The van der Waals surface area contributed by atoms with E-state index in [1.807, 2.05) is 28.8 Å². The van der Waals surface area contributed by atoms with Gasteiger partial charge in [0.05, 0.1) is 18.2 Å².